The summed E-state index contributed by atoms with van der Waals surface area (Å²) >= 11 is 1.21. The number of nitriles is 1. The van der Waals surface area contributed by atoms with Crippen LogP contribution in [0.1, 0.15) is 5.69 Å². The molecular formula is C12H7FN2S. The van der Waals surface area contributed by atoms with E-state index in [9.17, 15) is 4.39 Å². The van der Waals surface area contributed by atoms with E-state index in [1.165, 1.54) is 17.8 Å². The van der Waals surface area contributed by atoms with Crippen LogP contribution < -0.4 is 0 Å². The Morgan fingerprint density at radius 2 is 1.88 bits per heavy atom. The lowest BCUT2D eigenvalue weighted by molar-refractivity contribution is 0.602. The minimum Gasteiger partial charge on any atom is -0.244 e. The first-order chi connectivity index (χ1) is 7.81. The van der Waals surface area contributed by atoms with Crippen molar-refractivity contribution in [1.29, 1.82) is 5.26 Å². The van der Waals surface area contributed by atoms with Crippen molar-refractivity contribution >= 4 is 11.8 Å². The highest BCUT2D eigenvalue weighted by Crippen LogP contribution is 2.30. The third-order valence-corrected chi connectivity index (χ3v) is 3.03. The monoisotopic (exact) mass is 230 g/mol. The molecule has 1 heterocycles. The van der Waals surface area contributed by atoms with Crippen LogP contribution in [0.25, 0.3) is 0 Å². The van der Waals surface area contributed by atoms with E-state index in [-0.39, 0.29) is 5.82 Å². The van der Waals surface area contributed by atoms with Gasteiger partial charge in [-0.05, 0) is 24.3 Å². The second-order valence-corrected chi connectivity index (χ2v) is 4.08. The fraction of sp³-hybridized carbons (Fsp3) is 0. The van der Waals surface area contributed by atoms with Gasteiger partial charge in [0.05, 0.1) is 0 Å². The van der Waals surface area contributed by atoms with Gasteiger partial charge in [-0.1, -0.05) is 23.9 Å². The lowest BCUT2D eigenvalue weighted by Gasteiger charge is -2.03. The smallest absolute Gasteiger partial charge is 0.154 e. The molecule has 16 heavy (non-hydrogen) atoms. The van der Waals surface area contributed by atoms with Gasteiger partial charge in [0.25, 0.3) is 0 Å². The van der Waals surface area contributed by atoms with E-state index in [1.54, 1.807) is 36.5 Å². The third kappa shape index (κ3) is 2.20. The molecule has 4 heteroatoms. The predicted octanol–water partition coefficient (Wildman–Crippen LogP) is 3.24. The molecule has 2 aromatic rings. The van der Waals surface area contributed by atoms with Crippen molar-refractivity contribution in [3.8, 4) is 6.07 Å². The molecule has 0 radical (unpaired) electrons. The Labute approximate surface area is 96.8 Å². The Morgan fingerprint density at radius 1 is 1.12 bits per heavy atom. The molecule has 2 nitrogen and oxygen atoms in total. The molecule has 1 aromatic carbocycles. The van der Waals surface area contributed by atoms with Crippen LogP contribution in [0.2, 0.25) is 0 Å². The maximum absolute atomic E-state index is 13.4. The van der Waals surface area contributed by atoms with Crippen LogP contribution in [-0.4, -0.2) is 4.98 Å². The van der Waals surface area contributed by atoms with Crippen molar-refractivity contribution in [2.45, 2.75) is 9.79 Å². The minimum absolute atomic E-state index is 0.291. The van der Waals surface area contributed by atoms with E-state index < -0.39 is 0 Å². The second-order valence-electron chi connectivity index (χ2n) is 2.99. The van der Waals surface area contributed by atoms with E-state index in [0.717, 1.165) is 0 Å². The number of hydrogen-bond acceptors (Lipinski definition) is 3. The molecule has 0 N–H and O–H groups in total. The highest BCUT2D eigenvalue weighted by molar-refractivity contribution is 7.99. The Balaban J connectivity index is 2.35. The van der Waals surface area contributed by atoms with Crippen molar-refractivity contribution in [2.24, 2.45) is 0 Å². The van der Waals surface area contributed by atoms with Gasteiger partial charge in [-0.2, -0.15) is 5.26 Å². The average Bonchev–Trinajstić information content (AvgIpc) is 2.33. The maximum atomic E-state index is 13.4. The summed E-state index contributed by atoms with van der Waals surface area (Å²) in [5.41, 5.74) is 0.316. The van der Waals surface area contributed by atoms with Gasteiger partial charge in [-0.3, -0.25) is 0 Å². The highest BCUT2D eigenvalue weighted by atomic mass is 32.2. The number of halogens is 1. The lowest BCUT2D eigenvalue weighted by Crippen LogP contribution is -1.86. The van der Waals surface area contributed by atoms with Crippen LogP contribution in [-0.2, 0) is 0 Å². The maximum Gasteiger partial charge on any atom is 0.154 e. The van der Waals surface area contributed by atoms with Gasteiger partial charge in [0, 0.05) is 16.0 Å². The van der Waals surface area contributed by atoms with Crippen LogP contribution in [0.5, 0.6) is 0 Å². The Bertz CT molecular complexity index is 549. The normalized spacial score (nSPS) is 9.75. The molecule has 1 aromatic heterocycles. The summed E-state index contributed by atoms with van der Waals surface area (Å²) in [4.78, 5) is 5.07. The van der Waals surface area contributed by atoms with Gasteiger partial charge in [0.1, 0.15) is 11.9 Å². The van der Waals surface area contributed by atoms with Gasteiger partial charge in [-0.15, -0.1) is 0 Å². The standard InChI is InChI=1S/C12H7FN2S/c13-9-4-1-2-5-11(9)16-12-6-3-7-15-10(12)8-14/h1-7H. The zero-order valence-electron chi connectivity index (χ0n) is 8.22. The van der Waals surface area contributed by atoms with Crippen LogP contribution in [0.4, 0.5) is 4.39 Å². The Morgan fingerprint density at radius 3 is 2.62 bits per heavy atom. The van der Waals surface area contributed by atoms with Crippen molar-refractivity contribution < 1.29 is 4.39 Å². The van der Waals surface area contributed by atoms with Gasteiger partial charge < -0.3 is 0 Å². The van der Waals surface area contributed by atoms with Gasteiger partial charge in [0.2, 0.25) is 0 Å². The number of nitrogens with zero attached hydrogens (tertiary/aromatic N) is 2. The average molecular weight is 230 g/mol. The van der Waals surface area contributed by atoms with E-state index in [2.05, 4.69) is 4.98 Å². The molecular weight excluding hydrogens is 223 g/mol. The molecule has 0 aliphatic rings. The molecule has 0 amide bonds. The molecule has 0 atom stereocenters. The van der Waals surface area contributed by atoms with Crippen molar-refractivity contribution in [2.75, 3.05) is 0 Å². The quantitative estimate of drug-likeness (QED) is 0.794. The first-order valence-electron chi connectivity index (χ1n) is 4.59. The summed E-state index contributed by atoms with van der Waals surface area (Å²) in [7, 11) is 0. The van der Waals surface area contributed by atoms with Crippen LogP contribution in [0, 0.1) is 17.1 Å². The van der Waals surface area contributed by atoms with Gasteiger partial charge in [0.15, 0.2) is 5.69 Å². The summed E-state index contributed by atoms with van der Waals surface area (Å²) in [6.07, 6.45) is 1.55. The summed E-state index contributed by atoms with van der Waals surface area (Å²) in [5, 5.41) is 8.85. The molecule has 0 unspecified atom stereocenters. The summed E-state index contributed by atoms with van der Waals surface area (Å²) < 4.78 is 13.4. The number of aromatic nitrogens is 1. The van der Waals surface area contributed by atoms with Gasteiger partial charge >= 0.3 is 0 Å². The summed E-state index contributed by atoms with van der Waals surface area (Å²) in [6, 6.07) is 11.9. The molecule has 0 saturated heterocycles. The first-order valence-corrected chi connectivity index (χ1v) is 5.40. The lowest BCUT2D eigenvalue weighted by atomic mass is 10.3. The molecule has 78 valence electrons. The van der Waals surface area contributed by atoms with E-state index in [4.69, 9.17) is 5.26 Å². The minimum atomic E-state index is -0.291. The van der Waals surface area contributed by atoms with Crippen LogP contribution in [0.3, 0.4) is 0 Å². The topological polar surface area (TPSA) is 36.7 Å². The Kier molecular flexibility index (Phi) is 3.18. The van der Waals surface area contributed by atoms with Crippen molar-refractivity contribution in [3.05, 3.63) is 54.1 Å². The molecule has 0 aliphatic heterocycles. The summed E-state index contributed by atoms with van der Waals surface area (Å²) in [6.45, 7) is 0. The summed E-state index contributed by atoms with van der Waals surface area (Å²) in [5.74, 6) is -0.291. The number of hydrogen-bond donors (Lipinski definition) is 0. The largest absolute Gasteiger partial charge is 0.244 e. The molecule has 0 aliphatic carbocycles. The predicted molar refractivity (Wildman–Crippen MR) is 59.5 cm³/mol. The number of rotatable bonds is 2. The zero-order valence-corrected chi connectivity index (χ0v) is 9.04. The highest BCUT2D eigenvalue weighted by Gasteiger charge is 2.07. The van der Waals surface area contributed by atoms with Gasteiger partial charge in [-0.25, -0.2) is 9.37 Å². The zero-order chi connectivity index (χ0) is 11.4. The molecule has 0 spiro atoms. The second kappa shape index (κ2) is 4.77. The first kappa shape index (κ1) is 10.7. The van der Waals surface area contributed by atoms with E-state index in [0.29, 0.717) is 15.5 Å². The SMILES string of the molecule is N#Cc1ncccc1Sc1ccccc1F. The van der Waals surface area contributed by atoms with Crippen LogP contribution >= 0.6 is 11.8 Å². The van der Waals surface area contributed by atoms with Crippen molar-refractivity contribution in [1.82, 2.24) is 4.98 Å². The Hall–Kier alpha value is -1.86. The van der Waals surface area contributed by atoms with E-state index >= 15 is 0 Å². The fourth-order valence-corrected chi connectivity index (χ4v) is 2.09. The molecule has 0 fully saturated rings. The molecule has 0 bridgehead atoms. The molecule has 0 saturated carbocycles. The fourth-order valence-electron chi connectivity index (χ4n) is 1.20. The van der Waals surface area contributed by atoms with Crippen molar-refractivity contribution in [3.63, 3.8) is 0 Å². The number of pyridine rings is 1. The van der Waals surface area contributed by atoms with E-state index in [1.807, 2.05) is 6.07 Å². The number of benzene rings is 1. The molecule has 2 rings (SSSR count). The van der Waals surface area contributed by atoms with Crippen LogP contribution in [0.15, 0.2) is 52.4 Å². The third-order valence-electron chi connectivity index (χ3n) is 1.93.